The number of hydrogen-bond donors (Lipinski definition) is 1. The zero-order valence-electron chi connectivity index (χ0n) is 10.9. The summed E-state index contributed by atoms with van der Waals surface area (Å²) in [6.07, 6.45) is 0. The highest BCUT2D eigenvalue weighted by molar-refractivity contribution is 5.63. The zero-order chi connectivity index (χ0) is 13.7. The summed E-state index contributed by atoms with van der Waals surface area (Å²) in [7, 11) is 1.96. The monoisotopic (exact) mass is 255 g/mol. The van der Waals surface area contributed by atoms with E-state index in [0.717, 1.165) is 19.2 Å². The van der Waals surface area contributed by atoms with E-state index in [1.807, 2.05) is 14.0 Å². The fourth-order valence-electron chi connectivity index (χ4n) is 1.50. The number of nitro benzene ring substituents is 1. The Morgan fingerprint density at radius 1 is 1.50 bits per heavy atom. The van der Waals surface area contributed by atoms with Crippen molar-refractivity contribution < 1.29 is 9.31 Å². The summed E-state index contributed by atoms with van der Waals surface area (Å²) in [5.74, 6) is -0.557. The Morgan fingerprint density at radius 2 is 2.17 bits per heavy atom. The van der Waals surface area contributed by atoms with Gasteiger partial charge >= 0.3 is 0 Å². The molecule has 0 aromatic heterocycles. The normalized spacial score (nSPS) is 10.7. The van der Waals surface area contributed by atoms with Gasteiger partial charge in [-0.05, 0) is 32.1 Å². The minimum atomic E-state index is -0.575. The van der Waals surface area contributed by atoms with Crippen molar-refractivity contribution in [3.05, 3.63) is 33.6 Å². The Labute approximate surface area is 106 Å². The van der Waals surface area contributed by atoms with Gasteiger partial charge in [0.25, 0.3) is 5.69 Å². The number of rotatable bonds is 6. The summed E-state index contributed by atoms with van der Waals surface area (Å²) >= 11 is 0. The molecule has 0 unspecified atom stereocenters. The Balaban J connectivity index is 2.80. The second-order valence-corrected chi connectivity index (χ2v) is 4.20. The maximum atomic E-state index is 13.3. The van der Waals surface area contributed by atoms with Crippen molar-refractivity contribution in [2.45, 2.75) is 13.8 Å². The first-order valence-electron chi connectivity index (χ1n) is 5.82. The molecular weight excluding hydrogens is 237 g/mol. The van der Waals surface area contributed by atoms with Gasteiger partial charge in [-0.2, -0.15) is 0 Å². The van der Waals surface area contributed by atoms with E-state index in [1.165, 1.54) is 6.07 Å². The summed E-state index contributed by atoms with van der Waals surface area (Å²) in [5, 5.41) is 13.8. The number of anilines is 1. The van der Waals surface area contributed by atoms with Crippen LogP contribution in [-0.2, 0) is 0 Å². The van der Waals surface area contributed by atoms with Crippen LogP contribution in [0, 0.1) is 22.9 Å². The highest BCUT2D eigenvalue weighted by Crippen LogP contribution is 2.27. The molecule has 0 atom stereocenters. The van der Waals surface area contributed by atoms with Crippen LogP contribution in [0.15, 0.2) is 12.1 Å². The highest BCUT2D eigenvalue weighted by Gasteiger charge is 2.16. The van der Waals surface area contributed by atoms with Gasteiger partial charge in [0.15, 0.2) is 0 Å². The molecule has 0 saturated carbocycles. The lowest BCUT2D eigenvalue weighted by atomic mass is 10.2. The number of aryl methyl sites for hydroxylation is 1. The van der Waals surface area contributed by atoms with Gasteiger partial charge in [-0.1, -0.05) is 6.92 Å². The molecule has 0 aliphatic rings. The Kier molecular flexibility index (Phi) is 5.03. The van der Waals surface area contributed by atoms with E-state index in [-0.39, 0.29) is 5.69 Å². The lowest BCUT2D eigenvalue weighted by Gasteiger charge is -2.15. The second kappa shape index (κ2) is 6.30. The van der Waals surface area contributed by atoms with Crippen LogP contribution in [-0.4, -0.2) is 36.5 Å². The van der Waals surface area contributed by atoms with Crippen LogP contribution >= 0.6 is 0 Å². The smallest absolute Gasteiger partial charge is 0.295 e. The Bertz CT molecular complexity index is 438. The highest BCUT2D eigenvalue weighted by atomic mass is 19.1. The number of nitrogens with one attached hydrogen (secondary N) is 1. The number of benzene rings is 1. The van der Waals surface area contributed by atoms with E-state index in [0.29, 0.717) is 17.8 Å². The van der Waals surface area contributed by atoms with Crippen LogP contribution in [0.1, 0.15) is 12.5 Å². The van der Waals surface area contributed by atoms with E-state index in [2.05, 4.69) is 10.2 Å². The van der Waals surface area contributed by atoms with Crippen LogP contribution in [0.5, 0.6) is 0 Å². The molecule has 1 N–H and O–H groups in total. The molecule has 0 heterocycles. The number of nitro groups is 1. The van der Waals surface area contributed by atoms with Crippen LogP contribution in [0.2, 0.25) is 0 Å². The molecule has 0 aliphatic heterocycles. The number of likely N-dealkylation sites (N-methyl/N-ethyl adjacent to an activating group) is 1. The lowest BCUT2D eigenvalue weighted by Crippen LogP contribution is -2.24. The van der Waals surface area contributed by atoms with E-state index in [4.69, 9.17) is 0 Å². The van der Waals surface area contributed by atoms with Crippen molar-refractivity contribution in [2.75, 3.05) is 32.0 Å². The van der Waals surface area contributed by atoms with E-state index in [1.54, 1.807) is 6.92 Å². The number of nitrogens with zero attached hydrogens (tertiary/aromatic N) is 2. The molecule has 5 nitrogen and oxygen atoms in total. The van der Waals surface area contributed by atoms with Gasteiger partial charge in [0.2, 0.25) is 0 Å². The number of hydrogen-bond acceptors (Lipinski definition) is 4. The fraction of sp³-hybridized carbons (Fsp3) is 0.500. The predicted octanol–water partition coefficient (Wildman–Crippen LogP) is 2.41. The van der Waals surface area contributed by atoms with Gasteiger partial charge in [-0.3, -0.25) is 10.1 Å². The molecule has 1 aromatic rings. The SMILES string of the molecule is CCN(C)CCNc1cc(C)c(F)cc1[N+](=O)[O-]. The largest absolute Gasteiger partial charge is 0.378 e. The molecule has 0 spiro atoms. The summed E-state index contributed by atoms with van der Waals surface area (Å²) in [5.41, 5.74) is 0.535. The van der Waals surface area contributed by atoms with Crippen LogP contribution < -0.4 is 5.32 Å². The van der Waals surface area contributed by atoms with Gasteiger partial charge in [-0.15, -0.1) is 0 Å². The third-order valence-corrected chi connectivity index (χ3v) is 2.82. The van der Waals surface area contributed by atoms with Crippen molar-refractivity contribution in [3.63, 3.8) is 0 Å². The standard InChI is InChI=1S/C12H18FN3O2/c1-4-15(3)6-5-14-11-7-9(2)10(13)8-12(11)16(17)18/h7-8,14H,4-6H2,1-3H3. The van der Waals surface area contributed by atoms with Gasteiger partial charge in [0, 0.05) is 13.1 Å². The molecule has 0 amide bonds. The quantitative estimate of drug-likeness (QED) is 0.626. The van der Waals surface area contributed by atoms with Gasteiger partial charge in [-0.25, -0.2) is 4.39 Å². The molecule has 18 heavy (non-hydrogen) atoms. The first kappa shape index (κ1) is 14.4. The molecule has 0 aliphatic carbocycles. The van der Waals surface area contributed by atoms with E-state index in [9.17, 15) is 14.5 Å². The van der Waals surface area contributed by atoms with Gasteiger partial charge < -0.3 is 10.2 Å². The molecule has 100 valence electrons. The Morgan fingerprint density at radius 3 is 2.72 bits per heavy atom. The van der Waals surface area contributed by atoms with Crippen molar-refractivity contribution in [3.8, 4) is 0 Å². The average molecular weight is 255 g/mol. The van der Waals surface area contributed by atoms with Crippen molar-refractivity contribution in [1.82, 2.24) is 4.90 Å². The number of halogens is 1. The molecule has 0 bridgehead atoms. The van der Waals surface area contributed by atoms with E-state index < -0.39 is 10.7 Å². The van der Waals surface area contributed by atoms with Gasteiger partial charge in [0.1, 0.15) is 11.5 Å². The third kappa shape index (κ3) is 3.66. The average Bonchev–Trinajstić information content (AvgIpc) is 2.32. The molecule has 1 rings (SSSR count). The molecule has 1 aromatic carbocycles. The summed E-state index contributed by atoms with van der Waals surface area (Å²) < 4.78 is 13.3. The minimum Gasteiger partial charge on any atom is -0.378 e. The molecule has 0 radical (unpaired) electrons. The van der Waals surface area contributed by atoms with Crippen LogP contribution in [0.3, 0.4) is 0 Å². The molecule has 0 fully saturated rings. The zero-order valence-corrected chi connectivity index (χ0v) is 10.9. The predicted molar refractivity (Wildman–Crippen MR) is 69.5 cm³/mol. The summed E-state index contributed by atoms with van der Waals surface area (Å²) in [4.78, 5) is 12.3. The van der Waals surface area contributed by atoms with Crippen LogP contribution in [0.25, 0.3) is 0 Å². The van der Waals surface area contributed by atoms with Crippen molar-refractivity contribution in [2.24, 2.45) is 0 Å². The summed E-state index contributed by atoms with van der Waals surface area (Å²) in [6.45, 7) is 5.87. The first-order valence-corrected chi connectivity index (χ1v) is 5.82. The maximum absolute atomic E-state index is 13.3. The second-order valence-electron chi connectivity index (χ2n) is 4.20. The lowest BCUT2D eigenvalue weighted by molar-refractivity contribution is -0.384. The first-order chi connectivity index (χ1) is 8.45. The van der Waals surface area contributed by atoms with Gasteiger partial charge in [0.05, 0.1) is 11.0 Å². The molecule has 0 saturated heterocycles. The molecular formula is C12H18FN3O2. The van der Waals surface area contributed by atoms with Crippen LogP contribution in [0.4, 0.5) is 15.8 Å². The van der Waals surface area contributed by atoms with Crippen molar-refractivity contribution >= 4 is 11.4 Å². The fourth-order valence-corrected chi connectivity index (χ4v) is 1.50. The Hall–Kier alpha value is -1.69. The summed E-state index contributed by atoms with van der Waals surface area (Å²) in [6, 6.07) is 2.43. The maximum Gasteiger partial charge on any atom is 0.295 e. The minimum absolute atomic E-state index is 0.225. The third-order valence-electron chi connectivity index (χ3n) is 2.82. The topological polar surface area (TPSA) is 58.4 Å². The molecule has 6 heteroatoms. The van der Waals surface area contributed by atoms with Crippen molar-refractivity contribution in [1.29, 1.82) is 0 Å². The van der Waals surface area contributed by atoms with E-state index >= 15 is 0 Å².